The van der Waals surface area contributed by atoms with Gasteiger partial charge in [0.2, 0.25) is 0 Å². The Kier molecular flexibility index (Phi) is 5.46. The number of aliphatic hydroxyl groups is 3. The zero-order valence-electron chi connectivity index (χ0n) is 8.07. The summed E-state index contributed by atoms with van der Waals surface area (Å²) in [5, 5.41) is 28.1. The fraction of sp³-hybridized carbons (Fsp3) is 1.00. The minimum atomic E-state index is -1.01. The van der Waals surface area contributed by atoms with Gasteiger partial charge in [-0.15, -0.1) is 0 Å². The van der Waals surface area contributed by atoms with E-state index in [0.717, 1.165) is 6.42 Å². The maximum atomic E-state index is 9.39. The zero-order chi connectivity index (χ0) is 9.72. The zero-order valence-corrected chi connectivity index (χ0v) is 8.07. The smallest absolute Gasteiger partial charge is 0.106 e. The molecule has 0 saturated carbocycles. The van der Waals surface area contributed by atoms with Crippen LogP contribution in [0.1, 0.15) is 33.6 Å². The van der Waals surface area contributed by atoms with Crippen LogP contribution >= 0.6 is 0 Å². The van der Waals surface area contributed by atoms with Gasteiger partial charge in [0.1, 0.15) is 6.10 Å². The van der Waals surface area contributed by atoms with Crippen molar-refractivity contribution < 1.29 is 15.3 Å². The predicted octanol–water partition coefficient (Wildman–Crippen LogP) is 0.525. The highest BCUT2D eigenvalue weighted by Gasteiger charge is 2.25. The van der Waals surface area contributed by atoms with Gasteiger partial charge in [0.15, 0.2) is 0 Å². The van der Waals surface area contributed by atoms with Crippen LogP contribution in [0.4, 0.5) is 0 Å². The molecular formula is C9H20O3. The van der Waals surface area contributed by atoms with Crippen LogP contribution in [0.5, 0.6) is 0 Å². The topological polar surface area (TPSA) is 60.7 Å². The molecule has 12 heavy (non-hydrogen) atoms. The Morgan fingerprint density at radius 3 is 1.83 bits per heavy atom. The summed E-state index contributed by atoms with van der Waals surface area (Å²) in [6.45, 7) is 5.55. The predicted molar refractivity (Wildman–Crippen MR) is 47.8 cm³/mol. The molecule has 0 rings (SSSR count). The maximum Gasteiger partial charge on any atom is 0.106 e. The van der Waals surface area contributed by atoms with Gasteiger partial charge >= 0.3 is 0 Å². The highest BCUT2D eigenvalue weighted by atomic mass is 16.4. The third-order valence-corrected chi connectivity index (χ3v) is 2.01. The summed E-state index contributed by atoms with van der Waals surface area (Å²) in [7, 11) is 0. The molecule has 0 heterocycles. The van der Waals surface area contributed by atoms with Crippen molar-refractivity contribution in [1.29, 1.82) is 0 Å². The molecule has 74 valence electrons. The van der Waals surface area contributed by atoms with Crippen molar-refractivity contribution in [2.75, 3.05) is 0 Å². The minimum Gasteiger partial charge on any atom is -0.390 e. The Balaban J connectivity index is 3.90. The summed E-state index contributed by atoms with van der Waals surface area (Å²) in [4.78, 5) is 0. The molecule has 3 atom stereocenters. The molecule has 0 aromatic heterocycles. The molecular weight excluding hydrogens is 156 g/mol. The maximum absolute atomic E-state index is 9.39. The molecule has 3 heteroatoms. The lowest BCUT2D eigenvalue weighted by molar-refractivity contribution is -0.0776. The monoisotopic (exact) mass is 176 g/mol. The Bertz CT molecular complexity index is 114. The molecule has 0 aromatic rings. The summed E-state index contributed by atoms with van der Waals surface area (Å²) in [6, 6.07) is 0. The van der Waals surface area contributed by atoms with Gasteiger partial charge in [0.05, 0.1) is 12.2 Å². The molecule has 3 N–H and O–H groups in total. The highest BCUT2D eigenvalue weighted by Crippen LogP contribution is 2.12. The fourth-order valence-electron chi connectivity index (χ4n) is 1.09. The summed E-state index contributed by atoms with van der Waals surface area (Å²) in [6.07, 6.45) is -1.29. The van der Waals surface area contributed by atoms with Crippen LogP contribution in [0.3, 0.4) is 0 Å². The second-order valence-corrected chi connectivity index (χ2v) is 3.58. The van der Waals surface area contributed by atoms with Crippen molar-refractivity contribution in [2.24, 2.45) is 5.92 Å². The fourth-order valence-corrected chi connectivity index (χ4v) is 1.09. The minimum absolute atomic E-state index is 0.0218. The molecule has 0 aliphatic heterocycles. The normalized spacial score (nSPS) is 19.2. The van der Waals surface area contributed by atoms with Gasteiger partial charge in [0, 0.05) is 0 Å². The van der Waals surface area contributed by atoms with E-state index in [1.165, 1.54) is 0 Å². The lowest BCUT2D eigenvalue weighted by atomic mass is 9.96. The van der Waals surface area contributed by atoms with Gasteiger partial charge in [-0.05, 0) is 12.3 Å². The van der Waals surface area contributed by atoms with Crippen molar-refractivity contribution in [3.63, 3.8) is 0 Å². The average Bonchev–Trinajstić information content (AvgIpc) is 2.02. The van der Waals surface area contributed by atoms with Crippen LogP contribution in [-0.4, -0.2) is 33.6 Å². The Morgan fingerprint density at radius 2 is 1.50 bits per heavy atom. The molecule has 0 radical (unpaired) electrons. The number of aliphatic hydroxyl groups excluding tert-OH is 3. The van der Waals surface area contributed by atoms with E-state index in [1.54, 1.807) is 0 Å². The third kappa shape index (κ3) is 3.52. The van der Waals surface area contributed by atoms with Gasteiger partial charge in [0.25, 0.3) is 0 Å². The molecule has 0 aliphatic rings. The SMILES string of the molecule is CCC[C@@H](O)[C@@H](O)[C@H](O)C(C)C. The largest absolute Gasteiger partial charge is 0.390 e. The van der Waals surface area contributed by atoms with Gasteiger partial charge in [-0.2, -0.15) is 0 Å². The second-order valence-electron chi connectivity index (χ2n) is 3.58. The number of hydrogen-bond donors (Lipinski definition) is 3. The summed E-state index contributed by atoms with van der Waals surface area (Å²) < 4.78 is 0. The van der Waals surface area contributed by atoms with E-state index in [4.69, 9.17) is 0 Å². The van der Waals surface area contributed by atoms with Crippen molar-refractivity contribution >= 4 is 0 Å². The van der Waals surface area contributed by atoms with Crippen LogP contribution < -0.4 is 0 Å². The molecule has 3 nitrogen and oxygen atoms in total. The van der Waals surface area contributed by atoms with E-state index in [-0.39, 0.29) is 5.92 Å². The second kappa shape index (κ2) is 5.51. The molecule has 0 aromatic carbocycles. The van der Waals surface area contributed by atoms with Gasteiger partial charge < -0.3 is 15.3 Å². The standard InChI is InChI=1S/C9H20O3/c1-4-5-7(10)9(12)8(11)6(2)3/h6-12H,4-5H2,1-3H3/t7-,8-,9-/m1/s1. The van der Waals surface area contributed by atoms with Crippen molar-refractivity contribution in [3.05, 3.63) is 0 Å². The van der Waals surface area contributed by atoms with E-state index in [9.17, 15) is 15.3 Å². The van der Waals surface area contributed by atoms with Crippen molar-refractivity contribution in [1.82, 2.24) is 0 Å². The van der Waals surface area contributed by atoms with Gasteiger partial charge in [-0.3, -0.25) is 0 Å². The number of hydrogen-bond acceptors (Lipinski definition) is 3. The van der Waals surface area contributed by atoms with E-state index in [2.05, 4.69) is 0 Å². The third-order valence-electron chi connectivity index (χ3n) is 2.01. The van der Waals surface area contributed by atoms with Crippen LogP contribution in [0.15, 0.2) is 0 Å². The van der Waals surface area contributed by atoms with Crippen LogP contribution in [0.25, 0.3) is 0 Å². The van der Waals surface area contributed by atoms with E-state index >= 15 is 0 Å². The molecule has 0 spiro atoms. The van der Waals surface area contributed by atoms with Crippen molar-refractivity contribution in [3.8, 4) is 0 Å². The molecule has 0 unspecified atom stereocenters. The molecule has 0 fully saturated rings. The first-order valence-electron chi connectivity index (χ1n) is 4.54. The first-order chi connectivity index (χ1) is 5.50. The van der Waals surface area contributed by atoms with Crippen LogP contribution in [0.2, 0.25) is 0 Å². The van der Waals surface area contributed by atoms with E-state index < -0.39 is 18.3 Å². The summed E-state index contributed by atoms with van der Waals surface area (Å²) >= 11 is 0. The molecule has 0 aliphatic carbocycles. The van der Waals surface area contributed by atoms with E-state index in [0.29, 0.717) is 6.42 Å². The Labute approximate surface area is 74.0 Å². The highest BCUT2D eigenvalue weighted by molar-refractivity contribution is 4.76. The van der Waals surface area contributed by atoms with Gasteiger partial charge in [-0.1, -0.05) is 27.2 Å². The lowest BCUT2D eigenvalue weighted by Gasteiger charge is -2.25. The summed E-state index contributed by atoms with van der Waals surface area (Å²) in [5.41, 5.74) is 0. The lowest BCUT2D eigenvalue weighted by Crippen LogP contribution is -2.40. The quantitative estimate of drug-likeness (QED) is 0.572. The average molecular weight is 176 g/mol. The molecule has 0 saturated heterocycles. The van der Waals surface area contributed by atoms with Crippen LogP contribution in [-0.2, 0) is 0 Å². The Morgan fingerprint density at radius 1 is 1.00 bits per heavy atom. The van der Waals surface area contributed by atoms with E-state index in [1.807, 2.05) is 20.8 Å². The first kappa shape index (κ1) is 11.9. The van der Waals surface area contributed by atoms with Crippen molar-refractivity contribution in [2.45, 2.75) is 51.9 Å². The summed E-state index contributed by atoms with van der Waals surface area (Å²) in [5.74, 6) is -0.0218. The first-order valence-corrected chi connectivity index (χ1v) is 4.54. The molecule has 0 amide bonds. The van der Waals surface area contributed by atoms with Crippen LogP contribution in [0, 0.1) is 5.92 Å². The van der Waals surface area contributed by atoms with Gasteiger partial charge in [-0.25, -0.2) is 0 Å². The number of rotatable bonds is 5. The molecule has 0 bridgehead atoms. The Hall–Kier alpha value is -0.120.